The van der Waals surface area contributed by atoms with E-state index in [0.717, 1.165) is 32.1 Å². The maximum absolute atomic E-state index is 12.0. The molecule has 26 heavy (non-hydrogen) atoms. The molecule has 0 saturated carbocycles. The van der Waals surface area contributed by atoms with Gasteiger partial charge in [-0.15, -0.1) is 0 Å². The minimum Gasteiger partial charge on any atom is -0.465 e. The lowest BCUT2D eigenvalue weighted by atomic mass is 9.81. The number of carbonyl (C=O) groups is 1. The third-order valence-electron chi connectivity index (χ3n) is 4.72. The molecule has 0 aromatic heterocycles. The largest absolute Gasteiger partial charge is 0.465 e. The fraction of sp³-hybridized carbons (Fsp3) is 0.950. The highest BCUT2D eigenvalue weighted by atomic mass is 16.5. The van der Waals surface area contributed by atoms with Crippen LogP contribution in [0, 0.1) is 17.8 Å². The highest BCUT2D eigenvalue weighted by Gasteiger charge is 2.30. The van der Waals surface area contributed by atoms with E-state index in [1.54, 1.807) is 28.4 Å². The maximum atomic E-state index is 12.0. The fourth-order valence-corrected chi connectivity index (χ4v) is 3.23. The third kappa shape index (κ3) is 11.8. The molecular formula is C20H40O6. The van der Waals surface area contributed by atoms with Crippen LogP contribution in [-0.4, -0.2) is 67.4 Å². The average molecular weight is 377 g/mol. The van der Waals surface area contributed by atoms with Gasteiger partial charge in [-0.1, -0.05) is 26.2 Å². The van der Waals surface area contributed by atoms with Crippen LogP contribution in [0.1, 0.15) is 45.4 Å². The molecule has 0 N–H and O–H groups in total. The predicted octanol–water partition coefficient (Wildman–Crippen LogP) is 3.32. The van der Waals surface area contributed by atoms with Crippen molar-refractivity contribution in [3.63, 3.8) is 0 Å². The Hall–Kier alpha value is -0.690. The van der Waals surface area contributed by atoms with Crippen LogP contribution in [0.5, 0.6) is 0 Å². The van der Waals surface area contributed by atoms with Crippen molar-refractivity contribution in [1.82, 2.24) is 0 Å². The molecule has 6 nitrogen and oxygen atoms in total. The second-order valence-electron chi connectivity index (χ2n) is 6.83. The van der Waals surface area contributed by atoms with Gasteiger partial charge in [0, 0.05) is 60.6 Å². The van der Waals surface area contributed by atoms with Crippen LogP contribution in [0.2, 0.25) is 0 Å². The molecule has 156 valence electrons. The van der Waals surface area contributed by atoms with Gasteiger partial charge in [-0.2, -0.15) is 0 Å². The van der Waals surface area contributed by atoms with Crippen molar-refractivity contribution in [2.75, 3.05) is 61.5 Å². The third-order valence-corrected chi connectivity index (χ3v) is 4.72. The summed E-state index contributed by atoms with van der Waals surface area (Å²) in [6.45, 7) is 4.86. The molecule has 6 heteroatoms. The van der Waals surface area contributed by atoms with Gasteiger partial charge >= 0.3 is 5.97 Å². The van der Waals surface area contributed by atoms with Gasteiger partial charge in [0.1, 0.15) is 0 Å². The standard InChI is InChI=1S/C20H40O6/c1-6-7-8-9-10-20(21)26-15-18(14-24-4)19(16-25-5)17(13-23-3)11-12-22-2/h17-19H,6-16H2,1-5H3. The van der Waals surface area contributed by atoms with Gasteiger partial charge in [0.15, 0.2) is 0 Å². The SMILES string of the molecule is CCCCCCC(=O)OCC(COC)C(COC)C(CCOC)COC. The molecule has 0 aromatic rings. The van der Waals surface area contributed by atoms with E-state index in [1.165, 1.54) is 0 Å². The lowest BCUT2D eigenvalue weighted by molar-refractivity contribution is -0.147. The van der Waals surface area contributed by atoms with Gasteiger partial charge in [0.2, 0.25) is 0 Å². The number of hydrogen-bond acceptors (Lipinski definition) is 6. The molecule has 0 aliphatic rings. The molecule has 3 atom stereocenters. The first kappa shape index (κ1) is 25.3. The molecule has 3 unspecified atom stereocenters. The van der Waals surface area contributed by atoms with Gasteiger partial charge < -0.3 is 23.7 Å². The zero-order chi connectivity index (χ0) is 19.6. The Morgan fingerprint density at radius 3 is 2.00 bits per heavy atom. The van der Waals surface area contributed by atoms with Gasteiger partial charge in [0.25, 0.3) is 0 Å². The zero-order valence-corrected chi connectivity index (χ0v) is 17.5. The van der Waals surface area contributed by atoms with Crippen LogP contribution in [0.15, 0.2) is 0 Å². The number of methoxy groups -OCH3 is 4. The summed E-state index contributed by atoms with van der Waals surface area (Å²) in [4.78, 5) is 12.0. The molecule has 0 aliphatic carbocycles. The van der Waals surface area contributed by atoms with Crippen LogP contribution < -0.4 is 0 Å². The van der Waals surface area contributed by atoms with Crippen molar-refractivity contribution in [3.05, 3.63) is 0 Å². The Bertz CT molecular complexity index is 323. The van der Waals surface area contributed by atoms with Crippen molar-refractivity contribution in [1.29, 1.82) is 0 Å². The molecule has 0 radical (unpaired) electrons. The van der Waals surface area contributed by atoms with Crippen molar-refractivity contribution in [2.24, 2.45) is 17.8 Å². The minimum absolute atomic E-state index is 0.0662. The van der Waals surface area contributed by atoms with Crippen LogP contribution in [0.25, 0.3) is 0 Å². The highest BCUT2D eigenvalue weighted by Crippen LogP contribution is 2.26. The molecule has 0 aromatic carbocycles. The smallest absolute Gasteiger partial charge is 0.305 e. The Balaban J connectivity index is 4.74. The zero-order valence-electron chi connectivity index (χ0n) is 17.5. The summed E-state index contributed by atoms with van der Waals surface area (Å²) in [5.41, 5.74) is 0. The first-order valence-corrected chi connectivity index (χ1v) is 9.75. The number of unbranched alkanes of at least 4 members (excludes halogenated alkanes) is 3. The molecule has 0 heterocycles. The number of esters is 1. The maximum Gasteiger partial charge on any atom is 0.305 e. The van der Waals surface area contributed by atoms with E-state index in [2.05, 4.69) is 6.92 Å². The topological polar surface area (TPSA) is 63.2 Å². The lowest BCUT2D eigenvalue weighted by Gasteiger charge is -2.32. The monoisotopic (exact) mass is 376 g/mol. The normalized spacial score (nSPS) is 14.8. The van der Waals surface area contributed by atoms with E-state index in [4.69, 9.17) is 23.7 Å². The average Bonchev–Trinajstić information content (AvgIpc) is 2.64. The van der Waals surface area contributed by atoms with Gasteiger partial charge in [0.05, 0.1) is 13.2 Å². The Labute approximate surface area is 159 Å². The van der Waals surface area contributed by atoms with Gasteiger partial charge in [-0.25, -0.2) is 0 Å². The highest BCUT2D eigenvalue weighted by molar-refractivity contribution is 5.69. The molecule has 0 fully saturated rings. The van der Waals surface area contributed by atoms with Crippen LogP contribution in [-0.2, 0) is 28.5 Å². The second-order valence-corrected chi connectivity index (χ2v) is 6.83. The first-order chi connectivity index (χ1) is 12.6. The Morgan fingerprint density at radius 1 is 0.769 bits per heavy atom. The summed E-state index contributed by atoms with van der Waals surface area (Å²) in [6, 6.07) is 0. The van der Waals surface area contributed by atoms with E-state index in [-0.39, 0.29) is 23.7 Å². The summed E-state index contributed by atoms with van der Waals surface area (Å²) >= 11 is 0. The van der Waals surface area contributed by atoms with Gasteiger partial charge in [-0.3, -0.25) is 4.79 Å². The summed E-state index contributed by atoms with van der Waals surface area (Å²) in [6.07, 6.45) is 5.64. The van der Waals surface area contributed by atoms with Crippen LogP contribution >= 0.6 is 0 Å². The van der Waals surface area contributed by atoms with Crippen molar-refractivity contribution in [3.8, 4) is 0 Å². The molecule has 0 bridgehead atoms. The summed E-state index contributed by atoms with van der Waals surface area (Å²) in [7, 11) is 6.76. The van der Waals surface area contributed by atoms with Gasteiger partial charge in [-0.05, 0) is 24.7 Å². The van der Waals surface area contributed by atoms with E-state index < -0.39 is 0 Å². The summed E-state index contributed by atoms with van der Waals surface area (Å²) in [5.74, 6) is 0.362. The molecular weight excluding hydrogens is 336 g/mol. The number of carbonyl (C=O) groups excluding carboxylic acids is 1. The second kappa shape index (κ2) is 17.7. The molecule has 0 spiro atoms. The number of rotatable bonds is 18. The van der Waals surface area contributed by atoms with E-state index in [9.17, 15) is 4.79 Å². The van der Waals surface area contributed by atoms with E-state index in [0.29, 0.717) is 39.5 Å². The summed E-state index contributed by atoms with van der Waals surface area (Å²) in [5, 5.41) is 0. The molecule has 0 amide bonds. The van der Waals surface area contributed by atoms with Crippen LogP contribution in [0.3, 0.4) is 0 Å². The quantitative estimate of drug-likeness (QED) is 0.270. The molecule has 0 saturated heterocycles. The number of hydrogen-bond donors (Lipinski definition) is 0. The first-order valence-electron chi connectivity index (χ1n) is 9.75. The lowest BCUT2D eigenvalue weighted by Crippen LogP contribution is -2.36. The van der Waals surface area contributed by atoms with Crippen LogP contribution in [0.4, 0.5) is 0 Å². The summed E-state index contributed by atoms with van der Waals surface area (Å²) < 4.78 is 27.0. The van der Waals surface area contributed by atoms with Crippen molar-refractivity contribution < 1.29 is 28.5 Å². The predicted molar refractivity (Wildman–Crippen MR) is 102 cm³/mol. The molecule has 0 aliphatic heterocycles. The number of ether oxygens (including phenoxy) is 5. The Kier molecular flexibility index (Phi) is 17.2. The van der Waals surface area contributed by atoms with Crippen molar-refractivity contribution in [2.45, 2.75) is 45.4 Å². The van der Waals surface area contributed by atoms with E-state index in [1.807, 2.05) is 0 Å². The Morgan fingerprint density at radius 2 is 1.42 bits per heavy atom. The van der Waals surface area contributed by atoms with Crippen molar-refractivity contribution >= 4 is 5.97 Å². The van der Waals surface area contributed by atoms with E-state index >= 15 is 0 Å². The minimum atomic E-state index is -0.126. The molecule has 0 rings (SSSR count). The fourth-order valence-electron chi connectivity index (χ4n) is 3.23.